The molecule has 0 aliphatic carbocycles. The highest BCUT2D eigenvalue weighted by Gasteiger charge is 2.06. The summed E-state index contributed by atoms with van der Waals surface area (Å²) >= 11 is 0. The van der Waals surface area contributed by atoms with Crippen molar-refractivity contribution in [3.05, 3.63) is 54.6 Å². The number of nitrogens with zero attached hydrogens (tertiary/aromatic N) is 1. The normalized spacial score (nSPS) is 12.2. The van der Waals surface area contributed by atoms with E-state index in [1.807, 2.05) is 6.07 Å². The molecule has 2 heteroatoms. The lowest BCUT2D eigenvalue weighted by atomic mass is 10.1. The molecule has 112 valence electrons. The molecule has 0 saturated heterocycles. The van der Waals surface area contributed by atoms with Crippen LogP contribution in [0.3, 0.4) is 0 Å². The van der Waals surface area contributed by atoms with Gasteiger partial charge >= 0.3 is 0 Å². The van der Waals surface area contributed by atoms with Crippen LogP contribution in [0, 0.1) is 5.92 Å². The predicted octanol–water partition coefficient (Wildman–Crippen LogP) is 5.30. The van der Waals surface area contributed by atoms with E-state index in [2.05, 4.69) is 86.6 Å². The Morgan fingerprint density at radius 3 is 2.00 bits per heavy atom. The molecule has 0 fully saturated rings. The molecular formula is C19H26N2. The van der Waals surface area contributed by atoms with Crippen LogP contribution in [-0.2, 0) is 0 Å². The number of hydrogen-bond acceptors (Lipinski definition) is 2. The molecule has 1 unspecified atom stereocenters. The Kier molecular flexibility index (Phi) is 5.26. The summed E-state index contributed by atoms with van der Waals surface area (Å²) in [5, 5.41) is 3.56. The molecule has 0 amide bonds. The maximum absolute atomic E-state index is 3.56. The number of para-hydroxylation sites is 1. The van der Waals surface area contributed by atoms with Crippen molar-refractivity contribution in [2.45, 2.75) is 33.2 Å². The zero-order chi connectivity index (χ0) is 15.2. The molecule has 0 bridgehead atoms. The quantitative estimate of drug-likeness (QED) is 0.773. The third kappa shape index (κ3) is 4.52. The maximum atomic E-state index is 3.56. The fraction of sp³-hybridized carbons (Fsp3) is 0.368. The fourth-order valence-electron chi connectivity index (χ4n) is 2.63. The van der Waals surface area contributed by atoms with Gasteiger partial charge in [0, 0.05) is 30.2 Å². The summed E-state index contributed by atoms with van der Waals surface area (Å²) in [4.78, 5) is 2.20. The van der Waals surface area contributed by atoms with Gasteiger partial charge in [-0.3, -0.25) is 0 Å². The molecule has 0 heterocycles. The van der Waals surface area contributed by atoms with Gasteiger partial charge in [0.15, 0.2) is 0 Å². The maximum Gasteiger partial charge on any atom is 0.0409 e. The third-order valence-corrected chi connectivity index (χ3v) is 3.64. The minimum atomic E-state index is 0.503. The molecule has 2 aromatic rings. The van der Waals surface area contributed by atoms with E-state index >= 15 is 0 Å². The Morgan fingerprint density at radius 1 is 0.857 bits per heavy atom. The average molecular weight is 282 g/mol. The standard InChI is InChI=1S/C19H26N2/c1-15(2)14-16(3)20-17-10-12-19(13-11-17)21(4)18-8-6-5-7-9-18/h5-13,15-16,20H,14H2,1-4H3. The Hall–Kier alpha value is -1.96. The van der Waals surface area contributed by atoms with Crippen LogP contribution in [-0.4, -0.2) is 13.1 Å². The molecule has 0 aliphatic rings. The van der Waals surface area contributed by atoms with Crippen LogP contribution < -0.4 is 10.2 Å². The molecule has 21 heavy (non-hydrogen) atoms. The van der Waals surface area contributed by atoms with Crippen molar-refractivity contribution in [1.29, 1.82) is 0 Å². The van der Waals surface area contributed by atoms with E-state index < -0.39 is 0 Å². The molecule has 0 spiro atoms. The van der Waals surface area contributed by atoms with Gasteiger partial charge in [0.1, 0.15) is 0 Å². The van der Waals surface area contributed by atoms with Crippen molar-refractivity contribution in [3.8, 4) is 0 Å². The lowest BCUT2D eigenvalue weighted by molar-refractivity contribution is 0.540. The molecule has 1 atom stereocenters. The highest BCUT2D eigenvalue weighted by Crippen LogP contribution is 2.25. The number of nitrogens with one attached hydrogen (secondary N) is 1. The van der Waals surface area contributed by atoms with Crippen LogP contribution >= 0.6 is 0 Å². The smallest absolute Gasteiger partial charge is 0.0409 e. The second kappa shape index (κ2) is 7.16. The fourth-order valence-corrected chi connectivity index (χ4v) is 2.63. The van der Waals surface area contributed by atoms with Crippen LogP contribution in [0.1, 0.15) is 27.2 Å². The lowest BCUT2D eigenvalue weighted by Gasteiger charge is -2.21. The van der Waals surface area contributed by atoms with Crippen LogP contribution in [0.2, 0.25) is 0 Å². The summed E-state index contributed by atoms with van der Waals surface area (Å²) in [6.45, 7) is 6.76. The second-order valence-electron chi connectivity index (χ2n) is 6.12. The summed E-state index contributed by atoms with van der Waals surface area (Å²) in [5.41, 5.74) is 3.59. The number of rotatable bonds is 6. The van der Waals surface area contributed by atoms with Gasteiger partial charge in [0.25, 0.3) is 0 Å². The van der Waals surface area contributed by atoms with E-state index in [9.17, 15) is 0 Å². The van der Waals surface area contributed by atoms with Crippen molar-refractivity contribution >= 4 is 17.1 Å². The molecule has 2 rings (SSSR count). The minimum absolute atomic E-state index is 0.503. The van der Waals surface area contributed by atoms with E-state index in [1.54, 1.807) is 0 Å². The molecule has 1 N–H and O–H groups in total. The summed E-state index contributed by atoms with van der Waals surface area (Å²) < 4.78 is 0. The zero-order valence-electron chi connectivity index (χ0n) is 13.5. The van der Waals surface area contributed by atoms with Gasteiger partial charge in [-0.15, -0.1) is 0 Å². The summed E-state index contributed by atoms with van der Waals surface area (Å²) in [6, 6.07) is 19.6. The van der Waals surface area contributed by atoms with E-state index in [1.165, 1.54) is 23.5 Å². The summed E-state index contributed by atoms with van der Waals surface area (Å²) in [7, 11) is 2.10. The van der Waals surface area contributed by atoms with Crippen LogP contribution in [0.25, 0.3) is 0 Å². The van der Waals surface area contributed by atoms with Gasteiger partial charge in [-0.05, 0) is 55.7 Å². The van der Waals surface area contributed by atoms with Gasteiger partial charge in [-0.25, -0.2) is 0 Å². The minimum Gasteiger partial charge on any atom is -0.383 e. The number of anilines is 3. The van der Waals surface area contributed by atoms with Gasteiger partial charge in [0.05, 0.1) is 0 Å². The van der Waals surface area contributed by atoms with E-state index in [4.69, 9.17) is 0 Å². The Labute approximate surface area is 128 Å². The summed E-state index contributed by atoms with van der Waals surface area (Å²) in [5.74, 6) is 0.719. The Morgan fingerprint density at radius 2 is 1.43 bits per heavy atom. The molecule has 0 aromatic heterocycles. The second-order valence-corrected chi connectivity index (χ2v) is 6.12. The van der Waals surface area contributed by atoms with Gasteiger partial charge in [-0.2, -0.15) is 0 Å². The molecule has 2 aromatic carbocycles. The van der Waals surface area contributed by atoms with E-state index in [0.717, 1.165) is 5.92 Å². The first kappa shape index (κ1) is 15.4. The molecule has 0 aliphatic heterocycles. The Balaban J connectivity index is 2.02. The first-order chi connectivity index (χ1) is 10.1. The SMILES string of the molecule is CC(C)CC(C)Nc1ccc(N(C)c2ccccc2)cc1. The molecular weight excluding hydrogens is 256 g/mol. The van der Waals surface area contributed by atoms with Crippen molar-refractivity contribution in [1.82, 2.24) is 0 Å². The highest BCUT2D eigenvalue weighted by atomic mass is 15.1. The largest absolute Gasteiger partial charge is 0.383 e. The highest BCUT2D eigenvalue weighted by molar-refractivity contribution is 5.64. The van der Waals surface area contributed by atoms with Crippen LogP contribution in [0.4, 0.5) is 17.1 Å². The first-order valence-electron chi connectivity index (χ1n) is 7.71. The molecule has 0 saturated carbocycles. The zero-order valence-corrected chi connectivity index (χ0v) is 13.5. The lowest BCUT2D eigenvalue weighted by Crippen LogP contribution is -2.17. The summed E-state index contributed by atoms with van der Waals surface area (Å²) in [6.07, 6.45) is 1.19. The molecule has 0 radical (unpaired) electrons. The first-order valence-corrected chi connectivity index (χ1v) is 7.71. The third-order valence-electron chi connectivity index (χ3n) is 3.64. The van der Waals surface area contributed by atoms with Crippen LogP contribution in [0.15, 0.2) is 54.6 Å². The van der Waals surface area contributed by atoms with Crippen molar-refractivity contribution < 1.29 is 0 Å². The van der Waals surface area contributed by atoms with E-state index in [0.29, 0.717) is 6.04 Å². The van der Waals surface area contributed by atoms with Crippen molar-refractivity contribution in [2.75, 3.05) is 17.3 Å². The van der Waals surface area contributed by atoms with Gasteiger partial charge in [0.2, 0.25) is 0 Å². The van der Waals surface area contributed by atoms with Gasteiger partial charge in [-0.1, -0.05) is 32.0 Å². The van der Waals surface area contributed by atoms with Crippen molar-refractivity contribution in [3.63, 3.8) is 0 Å². The number of hydrogen-bond donors (Lipinski definition) is 1. The predicted molar refractivity (Wildman–Crippen MR) is 93.5 cm³/mol. The van der Waals surface area contributed by atoms with Crippen molar-refractivity contribution in [2.24, 2.45) is 5.92 Å². The van der Waals surface area contributed by atoms with Gasteiger partial charge < -0.3 is 10.2 Å². The van der Waals surface area contributed by atoms with Crippen LogP contribution in [0.5, 0.6) is 0 Å². The van der Waals surface area contributed by atoms with E-state index in [-0.39, 0.29) is 0 Å². The Bertz CT molecular complexity index is 531. The monoisotopic (exact) mass is 282 g/mol. The number of benzene rings is 2. The molecule has 2 nitrogen and oxygen atoms in total. The topological polar surface area (TPSA) is 15.3 Å². The average Bonchev–Trinajstić information content (AvgIpc) is 2.47.